The first-order valence-electron chi connectivity index (χ1n) is 8.49. The third-order valence-corrected chi connectivity index (χ3v) is 4.78. The van der Waals surface area contributed by atoms with Crippen molar-refractivity contribution in [2.75, 3.05) is 36.5 Å². The molecule has 138 valence electrons. The first-order chi connectivity index (χ1) is 13.1. The number of aromatic nitrogens is 3. The lowest BCUT2D eigenvalue weighted by molar-refractivity contribution is -0.127. The molecular formula is C18H16FN5O3. The summed E-state index contributed by atoms with van der Waals surface area (Å²) in [4.78, 5) is 10.9. The minimum absolute atomic E-state index is 0.146. The number of rotatable bonds is 4. The molecule has 9 heteroatoms. The van der Waals surface area contributed by atoms with Gasteiger partial charge in [0.25, 0.3) is 0 Å². The van der Waals surface area contributed by atoms with Crippen LogP contribution >= 0.6 is 0 Å². The molecule has 27 heavy (non-hydrogen) atoms. The van der Waals surface area contributed by atoms with E-state index < -0.39 is 5.82 Å². The highest BCUT2D eigenvalue weighted by Gasteiger charge is 2.49. The molecule has 2 saturated heterocycles. The lowest BCUT2D eigenvalue weighted by Gasteiger charge is -2.54. The highest BCUT2D eigenvalue weighted by Crippen LogP contribution is 2.39. The molecule has 2 aliphatic heterocycles. The Balaban J connectivity index is 1.31. The number of nitrogens with one attached hydrogen (secondary N) is 1. The lowest BCUT2D eigenvalue weighted by Crippen LogP contribution is -2.66. The van der Waals surface area contributed by atoms with E-state index in [0.717, 1.165) is 32.4 Å². The van der Waals surface area contributed by atoms with E-state index in [1.54, 1.807) is 18.3 Å². The summed E-state index contributed by atoms with van der Waals surface area (Å²) in [7, 11) is 0. The van der Waals surface area contributed by atoms with E-state index in [2.05, 4.69) is 25.3 Å². The van der Waals surface area contributed by atoms with Gasteiger partial charge in [-0.05, 0) is 18.2 Å². The van der Waals surface area contributed by atoms with Crippen LogP contribution in [0, 0.1) is 11.2 Å². The Morgan fingerprint density at radius 1 is 1.19 bits per heavy atom. The van der Waals surface area contributed by atoms with Crippen LogP contribution in [0.15, 0.2) is 41.1 Å². The standard InChI is InChI=1S/C18H16FN5O3/c19-13-5-11(25)1-2-12(13)14-6-16(27-23-14)21-15-3-4-20-17(22-15)24-7-18(8-24)9-26-10-18/h1-6,25H,7-10H2,(H,20,21,22). The van der Waals surface area contributed by atoms with E-state index in [-0.39, 0.29) is 16.7 Å². The molecular weight excluding hydrogens is 353 g/mol. The molecule has 0 bridgehead atoms. The second-order valence-electron chi connectivity index (χ2n) is 6.96. The Labute approximate surface area is 153 Å². The number of benzene rings is 1. The quantitative estimate of drug-likeness (QED) is 0.724. The summed E-state index contributed by atoms with van der Waals surface area (Å²) >= 11 is 0. The van der Waals surface area contributed by atoms with Gasteiger partial charge >= 0.3 is 0 Å². The number of nitrogens with zero attached hydrogens (tertiary/aromatic N) is 4. The zero-order chi connectivity index (χ0) is 18.4. The van der Waals surface area contributed by atoms with E-state index in [0.29, 0.717) is 23.3 Å². The van der Waals surface area contributed by atoms with Crippen LogP contribution < -0.4 is 10.2 Å². The normalized spacial score (nSPS) is 17.4. The van der Waals surface area contributed by atoms with Crippen molar-refractivity contribution in [3.63, 3.8) is 0 Å². The number of halogens is 1. The summed E-state index contributed by atoms with van der Waals surface area (Å²) in [6, 6.07) is 7.15. The van der Waals surface area contributed by atoms with Crippen LogP contribution in [0.25, 0.3) is 11.3 Å². The monoisotopic (exact) mass is 369 g/mol. The molecule has 3 aromatic rings. The van der Waals surface area contributed by atoms with E-state index in [4.69, 9.17) is 9.26 Å². The molecule has 5 rings (SSSR count). The van der Waals surface area contributed by atoms with Crippen LogP contribution in [0.4, 0.5) is 22.0 Å². The van der Waals surface area contributed by atoms with Crippen molar-refractivity contribution in [2.24, 2.45) is 5.41 Å². The van der Waals surface area contributed by atoms with Gasteiger partial charge in [-0.15, -0.1) is 0 Å². The molecule has 0 amide bonds. The van der Waals surface area contributed by atoms with E-state index in [9.17, 15) is 9.50 Å². The fraction of sp³-hybridized carbons (Fsp3) is 0.278. The van der Waals surface area contributed by atoms with Crippen LogP contribution in [-0.2, 0) is 4.74 Å². The summed E-state index contributed by atoms with van der Waals surface area (Å²) in [6.07, 6.45) is 1.67. The van der Waals surface area contributed by atoms with Crippen LogP contribution in [0.2, 0.25) is 0 Å². The molecule has 2 aliphatic rings. The maximum absolute atomic E-state index is 14.0. The first-order valence-corrected chi connectivity index (χ1v) is 8.49. The SMILES string of the molecule is Oc1ccc(-c2cc(Nc3ccnc(N4CC5(COC5)C4)n3)on2)c(F)c1. The van der Waals surface area contributed by atoms with Crippen molar-refractivity contribution in [1.82, 2.24) is 15.1 Å². The van der Waals surface area contributed by atoms with E-state index in [1.807, 2.05) is 0 Å². The molecule has 0 atom stereocenters. The third kappa shape index (κ3) is 2.85. The van der Waals surface area contributed by atoms with Gasteiger partial charge in [-0.25, -0.2) is 9.37 Å². The second kappa shape index (κ2) is 5.92. The van der Waals surface area contributed by atoms with Gasteiger partial charge < -0.3 is 24.6 Å². The van der Waals surface area contributed by atoms with Crippen LogP contribution in [-0.4, -0.2) is 46.5 Å². The molecule has 1 spiro atoms. The Hall–Kier alpha value is -3.20. The number of hydrogen-bond donors (Lipinski definition) is 2. The molecule has 0 saturated carbocycles. The molecule has 4 heterocycles. The number of hydrogen-bond acceptors (Lipinski definition) is 8. The van der Waals surface area contributed by atoms with Gasteiger partial charge in [-0.2, -0.15) is 4.98 Å². The molecule has 2 N–H and O–H groups in total. The highest BCUT2D eigenvalue weighted by atomic mass is 19.1. The van der Waals surface area contributed by atoms with Gasteiger partial charge in [0.1, 0.15) is 23.1 Å². The Morgan fingerprint density at radius 3 is 2.78 bits per heavy atom. The molecule has 8 nitrogen and oxygen atoms in total. The van der Waals surface area contributed by atoms with Crippen LogP contribution in [0.5, 0.6) is 5.75 Å². The Bertz CT molecular complexity index is 996. The molecule has 0 aliphatic carbocycles. The van der Waals surface area contributed by atoms with Gasteiger partial charge in [-0.1, -0.05) is 5.16 Å². The topological polar surface area (TPSA) is 96.5 Å². The maximum atomic E-state index is 14.0. The molecule has 0 radical (unpaired) electrons. The Morgan fingerprint density at radius 2 is 2.04 bits per heavy atom. The number of phenols is 1. The van der Waals surface area contributed by atoms with Crippen molar-refractivity contribution in [2.45, 2.75) is 0 Å². The van der Waals surface area contributed by atoms with Crippen molar-refractivity contribution in [1.29, 1.82) is 0 Å². The van der Waals surface area contributed by atoms with E-state index >= 15 is 0 Å². The van der Waals surface area contributed by atoms with Crippen molar-refractivity contribution in [3.8, 4) is 17.0 Å². The van der Waals surface area contributed by atoms with Crippen LogP contribution in [0.1, 0.15) is 0 Å². The summed E-state index contributed by atoms with van der Waals surface area (Å²) in [5, 5.41) is 16.2. The van der Waals surface area contributed by atoms with Crippen molar-refractivity contribution in [3.05, 3.63) is 42.3 Å². The van der Waals surface area contributed by atoms with Gasteiger partial charge in [0.15, 0.2) is 0 Å². The van der Waals surface area contributed by atoms with Crippen molar-refractivity contribution >= 4 is 17.7 Å². The highest BCUT2D eigenvalue weighted by molar-refractivity contribution is 5.65. The van der Waals surface area contributed by atoms with Gasteiger partial charge in [0, 0.05) is 37.0 Å². The number of phenolic OH excluding ortho intramolecular Hbond substituents is 1. The second-order valence-corrected chi connectivity index (χ2v) is 6.96. The van der Waals surface area contributed by atoms with Crippen molar-refractivity contribution < 1.29 is 18.8 Å². The summed E-state index contributed by atoms with van der Waals surface area (Å²) in [5.74, 6) is 0.801. The van der Waals surface area contributed by atoms with Gasteiger partial charge in [0.05, 0.1) is 18.6 Å². The number of anilines is 3. The lowest BCUT2D eigenvalue weighted by atomic mass is 9.78. The molecule has 2 fully saturated rings. The van der Waals surface area contributed by atoms with Gasteiger partial charge in [0.2, 0.25) is 11.8 Å². The van der Waals surface area contributed by atoms with Gasteiger partial charge in [-0.3, -0.25) is 0 Å². The van der Waals surface area contributed by atoms with E-state index in [1.165, 1.54) is 12.1 Å². The predicted octanol–water partition coefficient (Wildman–Crippen LogP) is 2.56. The minimum atomic E-state index is -0.578. The minimum Gasteiger partial charge on any atom is -0.508 e. The smallest absolute Gasteiger partial charge is 0.230 e. The fourth-order valence-electron chi connectivity index (χ4n) is 3.35. The number of ether oxygens (including phenoxy) is 1. The average Bonchev–Trinajstić information content (AvgIpc) is 3.01. The Kier molecular flexibility index (Phi) is 3.51. The zero-order valence-corrected chi connectivity index (χ0v) is 14.2. The predicted molar refractivity (Wildman–Crippen MR) is 94.3 cm³/mol. The summed E-state index contributed by atoms with van der Waals surface area (Å²) < 4.78 is 24.5. The van der Waals surface area contributed by atoms with Crippen LogP contribution in [0.3, 0.4) is 0 Å². The fourth-order valence-corrected chi connectivity index (χ4v) is 3.35. The molecule has 1 aromatic carbocycles. The molecule has 0 unspecified atom stereocenters. The zero-order valence-electron chi connectivity index (χ0n) is 14.2. The summed E-state index contributed by atoms with van der Waals surface area (Å²) in [5.41, 5.74) is 0.835. The average molecular weight is 369 g/mol. The number of aromatic hydroxyl groups is 1. The first kappa shape index (κ1) is 16.0. The summed E-state index contributed by atoms with van der Waals surface area (Å²) in [6.45, 7) is 3.39. The third-order valence-electron chi connectivity index (χ3n) is 4.78. The molecule has 2 aromatic heterocycles. The largest absolute Gasteiger partial charge is 0.508 e. The maximum Gasteiger partial charge on any atom is 0.230 e.